The number of aromatic nitrogens is 2. The van der Waals surface area contributed by atoms with E-state index in [1.165, 1.54) is 27.6 Å². The SMILES string of the molecule is COC(=O)CC(NC(=O)Cn1c(=O)n(C)c2ccccc21)c1cccs1. The molecular formula is C18H19N3O4S. The van der Waals surface area contributed by atoms with Crippen LogP contribution in [0.25, 0.3) is 11.0 Å². The highest BCUT2D eigenvalue weighted by Crippen LogP contribution is 2.22. The number of carbonyl (C=O) groups excluding carboxylic acids is 2. The summed E-state index contributed by atoms with van der Waals surface area (Å²) in [5.41, 5.74) is 1.19. The van der Waals surface area contributed by atoms with Gasteiger partial charge in [-0.2, -0.15) is 0 Å². The van der Waals surface area contributed by atoms with Gasteiger partial charge in [0, 0.05) is 11.9 Å². The van der Waals surface area contributed by atoms with Crippen molar-refractivity contribution in [1.82, 2.24) is 14.5 Å². The number of methoxy groups -OCH3 is 1. The van der Waals surface area contributed by atoms with Crippen LogP contribution in [-0.4, -0.2) is 28.1 Å². The number of ether oxygens (including phenoxy) is 1. The third-order valence-corrected chi connectivity index (χ3v) is 5.16. The number of esters is 1. The van der Waals surface area contributed by atoms with E-state index < -0.39 is 12.0 Å². The zero-order valence-corrected chi connectivity index (χ0v) is 15.3. The van der Waals surface area contributed by atoms with Crippen LogP contribution in [0.15, 0.2) is 46.6 Å². The van der Waals surface area contributed by atoms with Gasteiger partial charge in [0.25, 0.3) is 0 Å². The highest BCUT2D eigenvalue weighted by molar-refractivity contribution is 7.10. The maximum absolute atomic E-state index is 12.6. The fraction of sp³-hybridized carbons (Fsp3) is 0.278. The Morgan fingerprint density at radius 3 is 2.58 bits per heavy atom. The minimum absolute atomic E-state index is 0.0349. The van der Waals surface area contributed by atoms with Gasteiger partial charge < -0.3 is 10.1 Å². The van der Waals surface area contributed by atoms with Gasteiger partial charge in [-0.05, 0) is 23.6 Å². The van der Waals surface area contributed by atoms with E-state index in [0.29, 0.717) is 5.52 Å². The van der Waals surface area contributed by atoms with Crippen LogP contribution in [0.4, 0.5) is 0 Å². The Hall–Kier alpha value is -2.87. The molecule has 0 aliphatic carbocycles. The van der Waals surface area contributed by atoms with Crippen molar-refractivity contribution in [1.29, 1.82) is 0 Å². The van der Waals surface area contributed by atoms with E-state index in [9.17, 15) is 14.4 Å². The molecule has 26 heavy (non-hydrogen) atoms. The van der Waals surface area contributed by atoms with E-state index in [2.05, 4.69) is 5.32 Å². The molecule has 8 heteroatoms. The first-order chi connectivity index (χ1) is 12.5. The average molecular weight is 373 g/mol. The van der Waals surface area contributed by atoms with E-state index >= 15 is 0 Å². The molecule has 1 N–H and O–H groups in total. The normalized spacial score (nSPS) is 12.1. The van der Waals surface area contributed by atoms with E-state index in [0.717, 1.165) is 10.4 Å². The molecule has 2 aromatic heterocycles. The second kappa shape index (κ2) is 7.57. The molecule has 1 amide bonds. The molecule has 3 aromatic rings. The van der Waals surface area contributed by atoms with Crippen molar-refractivity contribution in [3.63, 3.8) is 0 Å². The minimum Gasteiger partial charge on any atom is -0.469 e. The predicted octanol–water partition coefficient (Wildman–Crippen LogP) is 1.82. The lowest BCUT2D eigenvalue weighted by Gasteiger charge is -2.16. The lowest BCUT2D eigenvalue weighted by Crippen LogP contribution is -2.35. The molecule has 1 unspecified atom stereocenters. The summed E-state index contributed by atoms with van der Waals surface area (Å²) < 4.78 is 7.65. The van der Waals surface area contributed by atoms with E-state index in [4.69, 9.17) is 4.74 Å². The molecule has 0 saturated heterocycles. The second-order valence-corrected chi connectivity index (χ2v) is 6.81. The van der Waals surface area contributed by atoms with Gasteiger partial charge in [-0.25, -0.2) is 4.79 Å². The van der Waals surface area contributed by atoms with Gasteiger partial charge in [-0.3, -0.25) is 18.7 Å². The molecule has 0 bridgehead atoms. The average Bonchev–Trinajstić information content (AvgIpc) is 3.25. The quantitative estimate of drug-likeness (QED) is 0.668. The van der Waals surface area contributed by atoms with Gasteiger partial charge in [0.15, 0.2) is 0 Å². The minimum atomic E-state index is -0.486. The molecule has 0 spiro atoms. The van der Waals surface area contributed by atoms with Gasteiger partial charge >= 0.3 is 11.7 Å². The molecule has 7 nitrogen and oxygen atoms in total. The van der Waals surface area contributed by atoms with Crippen molar-refractivity contribution >= 4 is 34.2 Å². The first kappa shape index (κ1) is 17.9. The molecule has 2 heterocycles. The number of hydrogen-bond donors (Lipinski definition) is 1. The summed E-state index contributed by atoms with van der Waals surface area (Å²) in [4.78, 5) is 37.5. The Kier molecular flexibility index (Phi) is 5.22. The number of amides is 1. The maximum atomic E-state index is 12.6. The maximum Gasteiger partial charge on any atom is 0.329 e. The number of para-hydroxylation sites is 2. The van der Waals surface area contributed by atoms with Crippen LogP contribution in [0.2, 0.25) is 0 Å². The number of nitrogens with one attached hydrogen (secondary N) is 1. The van der Waals surface area contributed by atoms with Crippen molar-refractivity contribution in [2.45, 2.75) is 19.0 Å². The number of hydrogen-bond acceptors (Lipinski definition) is 5. The first-order valence-corrected chi connectivity index (χ1v) is 8.93. The summed E-state index contributed by atoms with van der Waals surface area (Å²) in [5, 5.41) is 4.71. The van der Waals surface area contributed by atoms with Crippen LogP contribution in [0.5, 0.6) is 0 Å². The van der Waals surface area contributed by atoms with Gasteiger partial charge in [0.2, 0.25) is 5.91 Å². The van der Waals surface area contributed by atoms with E-state index in [-0.39, 0.29) is 24.6 Å². The molecule has 0 aliphatic rings. The van der Waals surface area contributed by atoms with Gasteiger partial charge in [-0.15, -0.1) is 11.3 Å². The van der Waals surface area contributed by atoms with Crippen LogP contribution in [0.3, 0.4) is 0 Å². The number of rotatable bonds is 6. The van der Waals surface area contributed by atoms with Crippen molar-refractivity contribution in [2.24, 2.45) is 7.05 Å². The second-order valence-electron chi connectivity index (χ2n) is 5.83. The van der Waals surface area contributed by atoms with E-state index in [1.54, 1.807) is 13.1 Å². The Bertz CT molecular complexity index is 988. The Morgan fingerprint density at radius 2 is 1.92 bits per heavy atom. The molecule has 0 saturated carbocycles. The smallest absolute Gasteiger partial charge is 0.329 e. The number of fused-ring (bicyclic) bond motifs is 1. The highest BCUT2D eigenvalue weighted by atomic mass is 32.1. The number of benzene rings is 1. The number of aryl methyl sites for hydroxylation is 1. The third-order valence-electron chi connectivity index (χ3n) is 4.17. The van der Waals surface area contributed by atoms with Crippen LogP contribution in [-0.2, 0) is 27.9 Å². The first-order valence-electron chi connectivity index (χ1n) is 8.05. The summed E-state index contributed by atoms with van der Waals surface area (Å²) in [7, 11) is 2.98. The molecule has 136 valence electrons. The third kappa shape index (κ3) is 3.55. The summed E-state index contributed by atoms with van der Waals surface area (Å²) in [6.07, 6.45) is 0.0349. The van der Waals surface area contributed by atoms with Crippen molar-refractivity contribution in [3.8, 4) is 0 Å². The van der Waals surface area contributed by atoms with E-state index in [1.807, 2.05) is 35.7 Å². The Balaban J connectivity index is 1.82. The van der Waals surface area contributed by atoms with Gasteiger partial charge in [-0.1, -0.05) is 18.2 Å². The summed E-state index contributed by atoms with van der Waals surface area (Å²) >= 11 is 1.45. The number of carbonyl (C=O) groups is 2. The molecular weight excluding hydrogens is 354 g/mol. The Morgan fingerprint density at radius 1 is 1.19 bits per heavy atom. The molecule has 0 fully saturated rings. The molecule has 0 aliphatic heterocycles. The van der Waals surface area contributed by atoms with Crippen molar-refractivity contribution in [2.75, 3.05) is 7.11 Å². The Labute approximate surface area is 153 Å². The van der Waals surface area contributed by atoms with Gasteiger partial charge in [0.05, 0.1) is 30.6 Å². The van der Waals surface area contributed by atoms with Crippen molar-refractivity contribution in [3.05, 3.63) is 57.1 Å². The number of imidazole rings is 1. The summed E-state index contributed by atoms with van der Waals surface area (Å²) in [5.74, 6) is -0.753. The van der Waals surface area contributed by atoms with Crippen molar-refractivity contribution < 1.29 is 14.3 Å². The summed E-state index contributed by atoms with van der Waals surface area (Å²) in [6, 6.07) is 10.5. The highest BCUT2D eigenvalue weighted by Gasteiger charge is 2.21. The number of nitrogens with zero attached hydrogens (tertiary/aromatic N) is 2. The zero-order valence-electron chi connectivity index (χ0n) is 14.5. The fourth-order valence-corrected chi connectivity index (χ4v) is 3.64. The number of thiophene rings is 1. The standard InChI is InChI=1S/C18H19N3O4S/c1-20-13-6-3-4-7-14(13)21(18(20)24)11-16(22)19-12(10-17(23)25-2)15-8-5-9-26-15/h3-9,12H,10-11H2,1-2H3,(H,19,22). The van der Waals surface area contributed by atoms with Crippen LogP contribution in [0.1, 0.15) is 17.3 Å². The molecule has 1 aromatic carbocycles. The lowest BCUT2D eigenvalue weighted by atomic mass is 10.1. The lowest BCUT2D eigenvalue weighted by molar-refractivity contribution is -0.141. The zero-order chi connectivity index (χ0) is 18.7. The molecule has 1 atom stereocenters. The monoisotopic (exact) mass is 373 g/mol. The fourth-order valence-electron chi connectivity index (χ4n) is 2.86. The summed E-state index contributed by atoms with van der Waals surface area (Å²) in [6.45, 7) is -0.122. The predicted molar refractivity (Wildman–Crippen MR) is 99.0 cm³/mol. The topological polar surface area (TPSA) is 82.3 Å². The molecule has 0 radical (unpaired) electrons. The van der Waals surface area contributed by atoms with Crippen LogP contribution < -0.4 is 11.0 Å². The largest absolute Gasteiger partial charge is 0.469 e. The van der Waals surface area contributed by atoms with Crippen LogP contribution in [0, 0.1) is 0 Å². The molecule has 3 rings (SSSR count). The van der Waals surface area contributed by atoms with Gasteiger partial charge in [0.1, 0.15) is 6.54 Å². The van der Waals surface area contributed by atoms with Crippen LogP contribution >= 0.6 is 11.3 Å².